The van der Waals surface area contributed by atoms with E-state index in [0.29, 0.717) is 32.4 Å². The zero-order chi connectivity index (χ0) is 23.1. The molecule has 0 saturated carbocycles. The number of aliphatic hydroxyl groups is 1. The average molecular weight is 468 g/mol. The Morgan fingerprint density at radius 3 is 2.66 bits per heavy atom. The van der Waals surface area contributed by atoms with Gasteiger partial charge in [-0.1, -0.05) is 17.3 Å². The van der Waals surface area contributed by atoms with Crippen molar-refractivity contribution >= 4 is 15.9 Å². The van der Waals surface area contributed by atoms with E-state index in [1.165, 1.54) is 12.1 Å². The van der Waals surface area contributed by atoms with Crippen LogP contribution < -0.4 is 4.72 Å². The van der Waals surface area contributed by atoms with Crippen LogP contribution in [0, 0.1) is 5.82 Å². The lowest BCUT2D eigenvalue weighted by molar-refractivity contribution is -0.187. The number of rotatable bonds is 4. The molecule has 1 aromatic carbocycles. The van der Waals surface area contributed by atoms with Crippen molar-refractivity contribution in [2.75, 3.05) is 26.0 Å². The largest absolute Gasteiger partial charge is 0.386 e. The first-order valence-corrected chi connectivity index (χ1v) is 12.2. The molecule has 1 aromatic heterocycles. The Balaban J connectivity index is 1.43. The Bertz CT molecular complexity index is 1110. The zero-order valence-corrected chi connectivity index (χ0v) is 18.7. The van der Waals surface area contributed by atoms with Gasteiger partial charge in [-0.15, -0.1) is 0 Å². The summed E-state index contributed by atoms with van der Waals surface area (Å²) in [6.45, 7) is 2.26. The number of sulfonamides is 1. The number of hydrogen-bond acceptors (Lipinski definition) is 7. The summed E-state index contributed by atoms with van der Waals surface area (Å²) >= 11 is 0. The molecule has 11 heteroatoms. The summed E-state index contributed by atoms with van der Waals surface area (Å²) < 4.78 is 51.1. The van der Waals surface area contributed by atoms with Crippen LogP contribution >= 0.6 is 0 Å². The van der Waals surface area contributed by atoms with E-state index in [0.717, 1.165) is 6.26 Å². The van der Waals surface area contributed by atoms with E-state index in [2.05, 4.69) is 9.88 Å². The summed E-state index contributed by atoms with van der Waals surface area (Å²) in [5, 5.41) is 14.4. The van der Waals surface area contributed by atoms with Gasteiger partial charge in [0.1, 0.15) is 17.1 Å². The first-order valence-electron chi connectivity index (χ1n) is 10.3. The minimum atomic E-state index is -3.51. The van der Waals surface area contributed by atoms with Gasteiger partial charge in [-0.05, 0) is 38.3 Å². The molecule has 174 valence electrons. The minimum Gasteiger partial charge on any atom is -0.386 e. The lowest BCUT2D eigenvalue weighted by atomic mass is 9.78. The van der Waals surface area contributed by atoms with Crippen LogP contribution in [-0.4, -0.2) is 72.7 Å². The van der Waals surface area contributed by atoms with Crippen molar-refractivity contribution in [3.05, 3.63) is 41.9 Å². The monoisotopic (exact) mass is 467 g/mol. The third kappa shape index (κ3) is 4.70. The van der Waals surface area contributed by atoms with Crippen LogP contribution in [0.1, 0.15) is 36.7 Å². The molecule has 32 heavy (non-hydrogen) atoms. The second-order valence-corrected chi connectivity index (χ2v) is 10.6. The Hall–Kier alpha value is -2.34. The van der Waals surface area contributed by atoms with Gasteiger partial charge >= 0.3 is 0 Å². The fraction of sp³-hybridized carbons (Fsp3) is 0.524. The number of aromatic nitrogens is 1. The molecule has 1 amide bonds. The molecule has 2 N–H and O–H groups in total. The van der Waals surface area contributed by atoms with Gasteiger partial charge < -0.3 is 19.3 Å². The molecule has 0 aliphatic carbocycles. The summed E-state index contributed by atoms with van der Waals surface area (Å²) in [5.74, 6) is -0.797. The van der Waals surface area contributed by atoms with Crippen molar-refractivity contribution in [1.29, 1.82) is 0 Å². The minimum absolute atomic E-state index is 0.0117. The molecular weight excluding hydrogens is 441 g/mol. The van der Waals surface area contributed by atoms with E-state index in [1.54, 1.807) is 30.0 Å². The van der Waals surface area contributed by atoms with Gasteiger partial charge in [0.25, 0.3) is 5.91 Å². The van der Waals surface area contributed by atoms with Crippen LogP contribution in [0.15, 0.2) is 34.9 Å². The Morgan fingerprint density at radius 2 is 2.00 bits per heavy atom. The third-order valence-electron chi connectivity index (χ3n) is 6.19. The topological polar surface area (TPSA) is 122 Å². The van der Waals surface area contributed by atoms with Gasteiger partial charge in [-0.2, -0.15) is 0 Å². The highest BCUT2D eigenvalue weighted by Crippen LogP contribution is 2.39. The van der Waals surface area contributed by atoms with Crippen LogP contribution in [-0.2, 0) is 14.8 Å². The number of halogens is 1. The van der Waals surface area contributed by atoms with Crippen LogP contribution in [0.2, 0.25) is 0 Å². The molecule has 2 saturated heterocycles. The first kappa shape index (κ1) is 22.8. The predicted octanol–water partition coefficient (Wildman–Crippen LogP) is 1.54. The maximum Gasteiger partial charge on any atom is 0.292 e. The number of carbonyl (C=O) groups excluding carboxylic acids is 1. The lowest BCUT2D eigenvalue weighted by Gasteiger charge is -2.50. The maximum absolute atomic E-state index is 14.0. The van der Waals surface area contributed by atoms with E-state index >= 15 is 0 Å². The smallest absolute Gasteiger partial charge is 0.292 e. The Labute approximate surface area is 185 Å². The van der Waals surface area contributed by atoms with Crippen molar-refractivity contribution in [1.82, 2.24) is 14.8 Å². The summed E-state index contributed by atoms with van der Waals surface area (Å²) in [6.07, 6.45) is 2.31. The molecule has 1 spiro atoms. The maximum atomic E-state index is 14.0. The number of piperidine rings is 1. The quantitative estimate of drug-likeness (QED) is 0.700. The number of ether oxygens (including phenoxy) is 1. The molecule has 0 unspecified atom stereocenters. The van der Waals surface area contributed by atoms with Gasteiger partial charge in [-0.3, -0.25) is 4.79 Å². The standard InChI is InChI=1S/C21H26FN3O6S/c1-20(27)13-30-21(12-18(20)24-32(2,28)29)7-9-25(10-8-21)19(26)17-11-16(23-31-17)14-5-3-4-6-15(14)22/h3-6,11,18,24,27H,7-10,12-13H2,1-2H3/t18-,20-/m0/s1. The van der Waals surface area contributed by atoms with E-state index in [1.807, 2.05) is 0 Å². The van der Waals surface area contributed by atoms with Crippen molar-refractivity contribution < 1.29 is 32.0 Å². The van der Waals surface area contributed by atoms with Gasteiger partial charge in [0.05, 0.1) is 24.5 Å². The van der Waals surface area contributed by atoms with Crippen molar-refractivity contribution in [3.8, 4) is 11.3 Å². The molecule has 2 aliphatic heterocycles. The molecule has 9 nitrogen and oxygen atoms in total. The second-order valence-electron chi connectivity index (χ2n) is 8.82. The highest BCUT2D eigenvalue weighted by molar-refractivity contribution is 7.88. The molecule has 2 fully saturated rings. The first-order chi connectivity index (χ1) is 15.0. The summed E-state index contributed by atoms with van der Waals surface area (Å²) in [7, 11) is -3.51. The summed E-state index contributed by atoms with van der Waals surface area (Å²) in [4.78, 5) is 14.5. The molecule has 2 aromatic rings. The number of likely N-dealkylation sites (tertiary alicyclic amines) is 1. The summed E-state index contributed by atoms with van der Waals surface area (Å²) in [6, 6.07) is 6.84. The molecule has 0 bridgehead atoms. The van der Waals surface area contributed by atoms with E-state index in [4.69, 9.17) is 9.26 Å². The van der Waals surface area contributed by atoms with E-state index in [9.17, 15) is 22.7 Å². The lowest BCUT2D eigenvalue weighted by Crippen LogP contribution is -2.64. The Kier molecular flexibility index (Phi) is 5.86. The molecule has 2 atom stereocenters. The second kappa shape index (κ2) is 8.22. The van der Waals surface area contributed by atoms with E-state index in [-0.39, 0.29) is 29.5 Å². The highest BCUT2D eigenvalue weighted by Gasteiger charge is 2.49. The third-order valence-corrected chi connectivity index (χ3v) is 6.90. The van der Waals surface area contributed by atoms with Gasteiger partial charge in [-0.25, -0.2) is 17.5 Å². The van der Waals surface area contributed by atoms with Crippen LogP contribution in [0.3, 0.4) is 0 Å². The SMILES string of the molecule is C[C@]1(O)COC2(CCN(C(=O)c3cc(-c4ccccc4F)no3)CC2)C[C@@H]1NS(C)(=O)=O. The number of hydrogen-bond donors (Lipinski definition) is 2. The summed E-state index contributed by atoms with van der Waals surface area (Å²) in [5.41, 5.74) is -1.47. The number of carbonyl (C=O) groups is 1. The fourth-order valence-corrected chi connectivity index (χ4v) is 5.13. The number of nitrogens with one attached hydrogen (secondary N) is 1. The normalized spacial score (nSPS) is 25.8. The number of nitrogens with zero attached hydrogens (tertiary/aromatic N) is 2. The number of benzene rings is 1. The molecule has 3 heterocycles. The predicted molar refractivity (Wildman–Crippen MR) is 113 cm³/mol. The molecule has 4 rings (SSSR count). The number of amides is 1. The molecule has 0 radical (unpaired) electrons. The van der Waals surface area contributed by atoms with Crippen LogP contribution in [0.5, 0.6) is 0 Å². The Morgan fingerprint density at radius 1 is 1.31 bits per heavy atom. The fourth-order valence-electron chi connectivity index (χ4n) is 4.27. The molecular formula is C21H26FN3O6S. The van der Waals surface area contributed by atoms with Crippen LogP contribution in [0.4, 0.5) is 4.39 Å². The highest BCUT2D eigenvalue weighted by atomic mass is 32.2. The van der Waals surface area contributed by atoms with Gasteiger partial charge in [0.2, 0.25) is 15.8 Å². The van der Waals surface area contributed by atoms with Crippen LogP contribution in [0.25, 0.3) is 11.3 Å². The average Bonchev–Trinajstić information content (AvgIpc) is 3.21. The van der Waals surface area contributed by atoms with Gasteiger partial charge in [0, 0.05) is 24.7 Å². The van der Waals surface area contributed by atoms with Gasteiger partial charge in [0.15, 0.2) is 0 Å². The van der Waals surface area contributed by atoms with Crippen molar-refractivity contribution in [2.24, 2.45) is 0 Å². The van der Waals surface area contributed by atoms with E-state index < -0.39 is 33.1 Å². The van der Waals surface area contributed by atoms with Crippen molar-refractivity contribution in [3.63, 3.8) is 0 Å². The molecule has 2 aliphatic rings. The zero-order valence-electron chi connectivity index (χ0n) is 17.9. The van der Waals surface area contributed by atoms with Crippen molar-refractivity contribution in [2.45, 2.75) is 43.4 Å².